The topological polar surface area (TPSA) is 52.7 Å². The van der Waals surface area contributed by atoms with Crippen LogP contribution in [0.3, 0.4) is 0 Å². The van der Waals surface area contributed by atoms with E-state index in [1.165, 1.54) is 11.3 Å². The number of amides is 2. The quantitative estimate of drug-likeness (QED) is 0.717. The van der Waals surface area contributed by atoms with Gasteiger partial charge in [0.05, 0.1) is 5.69 Å². The highest BCUT2D eigenvalue weighted by Crippen LogP contribution is 2.34. The molecule has 3 rings (SSSR count). The highest BCUT2D eigenvalue weighted by Gasteiger charge is 2.22. The average molecular weight is 412 g/mol. The van der Waals surface area contributed by atoms with Gasteiger partial charge >= 0.3 is 0 Å². The van der Waals surface area contributed by atoms with Gasteiger partial charge in [0, 0.05) is 55.4 Å². The summed E-state index contributed by atoms with van der Waals surface area (Å²) < 4.78 is 0. The van der Waals surface area contributed by atoms with E-state index in [2.05, 4.69) is 48.3 Å². The molecule has 2 aromatic carbocycles. The van der Waals surface area contributed by atoms with Crippen LogP contribution in [0.25, 0.3) is 0 Å². The number of carbonyl (C=O) groups excluding carboxylic acids is 2. The first kappa shape index (κ1) is 21.2. The van der Waals surface area contributed by atoms with Crippen LogP contribution in [0.1, 0.15) is 25.3 Å². The Hall–Kier alpha value is -2.47. The second kappa shape index (κ2) is 10.3. The highest BCUT2D eigenvalue weighted by molar-refractivity contribution is 7.99. The number of para-hydroxylation sites is 1. The van der Waals surface area contributed by atoms with Crippen LogP contribution >= 0.6 is 11.8 Å². The number of nitrogens with one attached hydrogen (secondary N) is 1. The predicted molar refractivity (Wildman–Crippen MR) is 121 cm³/mol. The molecule has 2 aromatic rings. The van der Waals surface area contributed by atoms with Gasteiger partial charge in [-0.3, -0.25) is 9.59 Å². The summed E-state index contributed by atoms with van der Waals surface area (Å²) in [6.07, 6.45) is 0.460. The first-order valence-electron chi connectivity index (χ1n) is 10.2. The van der Waals surface area contributed by atoms with Crippen molar-refractivity contribution in [1.82, 2.24) is 5.32 Å². The number of aryl methyl sites for hydroxylation is 1. The van der Waals surface area contributed by atoms with Crippen LogP contribution in [0.5, 0.6) is 0 Å². The lowest BCUT2D eigenvalue weighted by Crippen LogP contribution is -2.37. The summed E-state index contributed by atoms with van der Waals surface area (Å²) in [5, 5.41) is 2.95. The second-order valence-electron chi connectivity index (χ2n) is 7.13. The van der Waals surface area contributed by atoms with Crippen molar-refractivity contribution in [3.8, 4) is 0 Å². The predicted octanol–water partition coefficient (Wildman–Crippen LogP) is 3.86. The number of hydrogen-bond acceptors (Lipinski definition) is 4. The summed E-state index contributed by atoms with van der Waals surface area (Å²) in [4.78, 5) is 30.1. The van der Waals surface area contributed by atoms with Crippen LogP contribution in [-0.4, -0.2) is 43.7 Å². The van der Waals surface area contributed by atoms with Crippen molar-refractivity contribution in [3.05, 3.63) is 54.1 Å². The molecule has 0 fully saturated rings. The van der Waals surface area contributed by atoms with Crippen LogP contribution in [0.2, 0.25) is 0 Å². The Morgan fingerprint density at radius 3 is 2.76 bits per heavy atom. The molecule has 2 amide bonds. The molecular weight excluding hydrogens is 382 g/mol. The van der Waals surface area contributed by atoms with Gasteiger partial charge in [0.2, 0.25) is 11.8 Å². The van der Waals surface area contributed by atoms with E-state index >= 15 is 0 Å². The molecule has 1 aliphatic rings. The van der Waals surface area contributed by atoms with Crippen LogP contribution < -0.4 is 15.1 Å². The fourth-order valence-corrected chi connectivity index (χ4v) is 4.49. The lowest BCUT2D eigenvalue weighted by Gasteiger charge is -2.29. The normalized spacial score (nSPS) is 13.0. The van der Waals surface area contributed by atoms with Crippen molar-refractivity contribution in [2.75, 3.05) is 41.7 Å². The van der Waals surface area contributed by atoms with Gasteiger partial charge in [-0.15, -0.1) is 11.8 Å². The number of thioether (sulfide) groups is 1. The van der Waals surface area contributed by atoms with Crippen LogP contribution in [0, 0.1) is 6.92 Å². The Balaban J connectivity index is 1.44. The van der Waals surface area contributed by atoms with E-state index in [0.717, 1.165) is 29.4 Å². The van der Waals surface area contributed by atoms with E-state index < -0.39 is 0 Å². The fourth-order valence-electron chi connectivity index (χ4n) is 3.50. The Labute approximate surface area is 177 Å². The lowest BCUT2D eigenvalue weighted by atomic mass is 10.2. The number of carbonyl (C=O) groups is 2. The molecule has 0 unspecified atom stereocenters. The minimum Gasteiger partial charge on any atom is -0.370 e. The lowest BCUT2D eigenvalue weighted by molar-refractivity contribution is -0.125. The SMILES string of the molecule is CCN(CCNC(=O)CCC(=O)N1CCSc2ccccc21)c1cccc(C)c1. The number of benzene rings is 2. The van der Waals surface area contributed by atoms with Crippen LogP contribution in [-0.2, 0) is 9.59 Å². The van der Waals surface area contributed by atoms with Gasteiger partial charge in [0.25, 0.3) is 0 Å². The molecule has 0 spiro atoms. The maximum absolute atomic E-state index is 12.6. The zero-order valence-corrected chi connectivity index (χ0v) is 18.0. The maximum atomic E-state index is 12.6. The number of fused-ring (bicyclic) bond motifs is 1. The molecule has 0 saturated carbocycles. The van der Waals surface area contributed by atoms with Crippen molar-refractivity contribution in [2.45, 2.75) is 31.6 Å². The first-order valence-corrected chi connectivity index (χ1v) is 11.2. The molecule has 0 atom stereocenters. The van der Waals surface area contributed by atoms with E-state index in [1.54, 1.807) is 11.8 Å². The third-order valence-electron chi connectivity index (χ3n) is 5.05. The number of anilines is 2. The minimum atomic E-state index is -0.0710. The Morgan fingerprint density at radius 2 is 1.97 bits per heavy atom. The molecule has 5 nitrogen and oxygen atoms in total. The Bertz CT molecular complexity index is 856. The first-order chi connectivity index (χ1) is 14.1. The summed E-state index contributed by atoms with van der Waals surface area (Å²) in [6, 6.07) is 16.3. The summed E-state index contributed by atoms with van der Waals surface area (Å²) in [5.41, 5.74) is 3.35. The van der Waals surface area contributed by atoms with E-state index in [9.17, 15) is 9.59 Å². The van der Waals surface area contributed by atoms with E-state index in [4.69, 9.17) is 0 Å². The van der Waals surface area contributed by atoms with Crippen molar-refractivity contribution in [3.63, 3.8) is 0 Å². The van der Waals surface area contributed by atoms with Gasteiger partial charge in [0.1, 0.15) is 0 Å². The zero-order valence-electron chi connectivity index (χ0n) is 17.2. The summed E-state index contributed by atoms with van der Waals surface area (Å²) in [6.45, 7) is 7.08. The molecule has 0 aromatic heterocycles. The monoisotopic (exact) mass is 411 g/mol. The highest BCUT2D eigenvalue weighted by atomic mass is 32.2. The third kappa shape index (κ3) is 5.76. The van der Waals surface area contributed by atoms with E-state index in [-0.39, 0.29) is 24.7 Å². The summed E-state index contributed by atoms with van der Waals surface area (Å²) in [5.74, 6) is 0.835. The largest absolute Gasteiger partial charge is 0.370 e. The molecule has 154 valence electrons. The van der Waals surface area contributed by atoms with Gasteiger partial charge in [-0.25, -0.2) is 0 Å². The van der Waals surface area contributed by atoms with Crippen molar-refractivity contribution >= 4 is 35.0 Å². The van der Waals surface area contributed by atoms with E-state index in [0.29, 0.717) is 13.1 Å². The molecule has 29 heavy (non-hydrogen) atoms. The van der Waals surface area contributed by atoms with Gasteiger partial charge in [-0.1, -0.05) is 24.3 Å². The molecule has 1 heterocycles. The third-order valence-corrected chi connectivity index (χ3v) is 6.09. The summed E-state index contributed by atoms with van der Waals surface area (Å²) >= 11 is 1.77. The maximum Gasteiger partial charge on any atom is 0.227 e. The molecule has 0 bridgehead atoms. The number of rotatable bonds is 8. The molecule has 0 radical (unpaired) electrons. The molecule has 0 aliphatic carbocycles. The number of likely N-dealkylation sites (N-methyl/N-ethyl adjacent to an activating group) is 1. The smallest absolute Gasteiger partial charge is 0.227 e. The Morgan fingerprint density at radius 1 is 1.14 bits per heavy atom. The average Bonchev–Trinajstić information content (AvgIpc) is 2.74. The van der Waals surface area contributed by atoms with Crippen LogP contribution in [0.15, 0.2) is 53.4 Å². The number of hydrogen-bond donors (Lipinski definition) is 1. The molecule has 1 aliphatic heterocycles. The minimum absolute atomic E-state index is 0.0165. The van der Waals surface area contributed by atoms with Gasteiger partial charge in [0.15, 0.2) is 0 Å². The molecule has 6 heteroatoms. The van der Waals surface area contributed by atoms with Crippen molar-refractivity contribution in [1.29, 1.82) is 0 Å². The van der Waals surface area contributed by atoms with Crippen molar-refractivity contribution < 1.29 is 9.59 Å². The fraction of sp³-hybridized carbons (Fsp3) is 0.391. The standard InChI is InChI=1S/C23H29N3O2S/c1-3-25(19-8-6-7-18(2)17-19)14-13-24-22(27)11-12-23(28)26-15-16-29-21-10-5-4-9-20(21)26/h4-10,17H,3,11-16H2,1-2H3,(H,24,27). The van der Waals surface area contributed by atoms with Gasteiger partial charge < -0.3 is 15.1 Å². The van der Waals surface area contributed by atoms with Gasteiger partial charge in [-0.2, -0.15) is 0 Å². The second-order valence-corrected chi connectivity index (χ2v) is 8.27. The van der Waals surface area contributed by atoms with Crippen molar-refractivity contribution in [2.24, 2.45) is 0 Å². The zero-order chi connectivity index (χ0) is 20.6. The number of nitrogens with zero attached hydrogens (tertiary/aromatic N) is 2. The summed E-state index contributed by atoms with van der Waals surface area (Å²) in [7, 11) is 0. The molecule has 1 N–H and O–H groups in total. The van der Waals surface area contributed by atoms with Crippen LogP contribution in [0.4, 0.5) is 11.4 Å². The van der Waals surface area contributed by atoms with Gasteiger partial charge in [-0.05, 0) is 43.7 Å². The molecule has 0 saturated heterocycles. The Kier molecular flexibility index (Phi) is 7.58. The van der Waals surface area contributed by atoms with E-state index in [1.807, 2.05) is 29.2 Å². The molecular formula is C23H29N3O2S.